The number of rotatable bonds is 6. The molecular formula is C13H17NO. The van der Waals surface area contributed by atoms with Crippen molar-refractivity contribution in [3.8, 4) is 6.07 Å². The number of hydrogen-bond acceptors (Lipinski definition) is 2. The van der Waals surface area contributed by atoms with Gasteiger partial charge in [0.15, 0.2) is 0 Å². The Morgan fingerprint density at radius 2 is 2.07 bits per heavy atom. The second kappa shape index (κ2) is 7.03. The molecule has 1 atom stereocenters. The average Bonchev–Trinajstić information content (AvgIpc) is 2.31. The SMILES string of the molecule is CCCCC(C#N)OCc1ccccc1. The number of hydrogen-bond donors (Lipinski definition) is 0. The summed E-state index contributed by atoms with van der Waals surface area (Å²) < 4.78 is 5.52. The van der Waals surface area contributed by atoms with Gasteiger partial charge in [-0.25, -0.2) is 0 Å². The second-order valence-electron chi connectivity index (χ2n) is 3.56. The maximum atomic E-state index is 8.86. The van der Waals surface area contributed by atoms with Crippen molar-refractivity contribution in [2.24, 2.45) is 0 Å². The summed E-state index contributed by atoms with van der Waals surface area (Å²) >= 11 is 0. The van der Waals surface area contributed by atoms with E-state index in [0.29, 0.717) is 6.61 Å². The van der Waals surface area contributed by atoms with Gasteiger partial charge in [0.1, 0.15) is 6.10 Å². The molecule has 0 aliphatic heterocycles. The van der Waals surface area contributed by atoms with E-state index in [4.69, 9.17) is 10.00 Å². The highest BCUT2D eigenvalue weighted by Gasteiger charge is 2.06. The number of nitrogens with zero attached hydrogens (tertiary/aromatic N) is 1. The van der Waals surface area contributed by atoms with Gasteiger partial charge in [0.25, 0.3) is 0 Å². The lowest BCUT2D eigenvalue weighted by molar-refractivity contribution is 0.0699. The highest BCUT2D eigenvalue weighted by molar-refractivity contribution is 5.13. The van der Waals surface area contributed by atoms with Gasteiger partial charge in [-0.05, 0) is 12.0 Å². The molecule has 1 aromatic carbocycles. The zero-order valence-electron chi connectivity index (χ0n) is 9.15. The Kier molecular flexibility index (Phi) is 5.50. The van der Waals surface area contributed by atoms with Crippen molar-refractivity contribution in [3.63, 3.8) is 0 Å². The summed E-state index contributed by atoms with van der Waals surface area (Å²) in [6, 6.07) is 12.1. The Balaban J connectivity index is 2.32. The van der Waals surface area contributed by atoms with E-state index >= 15 is 0 Å². The lowest BCUT2D eigenvalue weighted by atomic mass is 10.2. The van der Waals surface area contributed by atoms with E-state index in [1.165, 1.54) is 0 Å². The van der Waals surface area contributed by atoms with Crippen LogP contribution in [0.4, 0.5) is 0 Å². The minimum absolute atomic E-state index is 0.259. The highest BCUT2D eigenvalue weighted by atomic mass is 16.5. The summed E-state index contributed by atoms with van der Waals surface area (Å²) in [5.41, 5.74) is 1.12. The molecule has 0 fully saturated rings. The van der Waals surface area contributed by atoms with E-state index in [1.807, 2.05) is 30.3 Å². The van der Waals surface area contributed by atoms with Crippen molar-refractivity contribution in [2.45, 2.75) is 38.9 Å². The van der Waals surface area contributed by atoms with Crippen LogP contribution in [-0.4, -0.2) is 6.10 Å². The molecule has 2 nitrogen and oxygen atoms in total. The fourth-order valence-electron chi connectivity index (χ4n) is 1.35. The fourth-order valence-corrected chi connectivity index (χ4v) is 1.35. The van der Waals surface area contributed by atoms with E-state index in [2.05, 4.69) is 13.0 Å². The molecule has 15 heavy (non-hydrogen) atoms. The van der Waals surface area contributed by atoms with E-state index < -0.39 is 0 Å². The Bertz CT molecular complexity index is 302. The van der Waals surface area contributed by atoms with Gasteiger partial charge >= 0.3 is 0 Å². The quantitative estimate of drug-likeness (QED) is 0.710. The minimum Gasteiger partial charge on any atom is -0.359 e. The number of nitriles is 1. The second-order valence-corrected chi connectivity index (χ2v) is 3.56. The van der Waals surface area contributed by atoms with Crippen molar-refractivity contribution in [1.82, 2.24) is 0 Å². The topological polar surface area (TPSA) is 33.0 Å². The molecule has 0 radical (unpaired) electrons. The molecule has 0 saturated heterocycles. The summed E-state index contributed by atoms with van der Waals surface area (Å²) in [5.74, 6) is 0. The molecule has 0 spiro atoms. The standard InChI is InChI=1S/C13H17NO/c1-2-3-9-13(10-14)15-11-12-7-5-4-6-8-12/h4-8,13H,2-3,9,11H2,1H3. The lowest BCUT2D eigenvalue weighted by Crippen LogP contribution is -2.09. The molecule has 0 bridgehead atoms. The van der Waals surface area contributed by atoms with Crippen LogP contribution < -0.4 is 0 Å². The Morgan fingerprint density at radius 1 is 1.33 bits per heavy atom. The number of ether oxygens (including phenoxy) is 1. The Morgan fingerprint density at radius 3 is 2.67 bits per heavy atom. The van der Waals surface area contributed by atoms with E-state index in [9.17, 15) is 0 Å². The molecule has 80 valence electrons. The van der Waals surface area contributed by atoms with Gasteiger partial charge < -0.3 is 4.74 Å². The van der Waals surface area contributed by atoms with Crippen LogP contribution in [0.2, 0.25) is 0 Å². The lowest BCUT2D eigenvalue weighted by Gasteiger charge is -2.09. The van der Waals surface area contributed by atoms with Crippen LogP contribution in [0.1, 0.15) is 31.7 Å². The summed E-state index contributed by atoms with van der Waals surface area (Å²) in [6.45, 7) is 2.65. The zero-order valence-corrected chi connectivity index (χ0v) is 9.15. The van der Waals surface area contributed by atoms with Crippen LogP contribution in [-0.2, 0) is 11.3 Å². The molecule has 0 saturated carbocycles. The third-order valence-electron chi connectivity index (χ3n) is 2.26. The molecule has 0 amide bonds. The Labute approximate surface area is 91.5 Å². The third-order valence-corrected chi connectivity index (χ3v) is 2.26. The van der Waals surface area contributed by atoms with Crippen molar-refractivity contribution in [3.05, 3.63) is 35.9 Å². The van der Waals surface area contributed by atoms with Gasteiger partial charge in [-0.2, -0.15) is 5.26 Å². The molecule has 2 heteroatoms. The first kappa shape index (κ1) is 11.7. The largest absolute Gasteiger partial charge is 0.359 e. The molecular weight excluding hydrogens is 186 g/mol. The van der Waals surface area contributed by atoms with Crippen LogP contribution in [0.15, 0.2) is 30.3 Å². The van der Waals surface area contributed by atoms with Crippen molar-refractivity contribution < 1.29 is 4.74 Å². The summed E-state index contributed by atoms with van der Waals surface area (Å²) in [6.07, 6.45) is 2.73. The third kappa shape index (κ3) is 4.62. The van der Waals surface area contributed by atoms with Gasteiger partial charge in [-0.1, -0.05) is 50.1 Å². The normalized spacial score (nSPS) is 12.0. The molecule has 0 N–H and O–H groups in total. The molecule has 1 unspecified atom stereocenters. The number of benzene rings is 1. The summed E-state index contributed by atoms with van der Waals surface area (Å²) in [5, 5.41) is 8.86. The van der Waals surface area contributed by atoms with E-state index in [1.54, 1.807) is 0 Å². The van der Waals surface area contributed by atoms with Crippen molar-refractivity contribution in [2.75, 3.05) is 0 Å². The predicted molar refractivity (Wildman–Crippen MR) is 60.2 cm³/mol. The monoisotopic (exact) mass is 203 g/mol. The van der Waals surface area contributed by atoms with Gasteiger partial charge in [0.2, 0.25) is 0 Å². The van der Waals surface area contributed by atoms with Crippen molar-refractivity contribution >= 4 is 0 Å². The Hall–Kier alpha value is -1.33. The van der Waals surface area contributed by atoms with Crippen LogP contribution >= 0.6 is 0 Å². The first-order valence-electron chi connectivity index (χ1n) is 5.42. The zero-order chi connectivity index (χ0) is 10.9. The van der Waals surface area contributed by atoms with E-state index in [-0.39, 0.29) is 6.10 Å². The predicted octanol–water partition coefficient (Wildman–Crippen LogP) is 3.29. The summed E-state index contributed by atoms with van der Waals surface area (Å²) in [4.78, 5) is 0. The maximum absolute atomic E-state index is 8.86. The van der Waals surface area contributed by atoms with Crippen LogP contribution in [0, 0.1) is 11.3 Å². The van der Waals surface area contributed by atoms with Crippen LogP contribution in [0.5, 0.6) is 0 Å². The van der Waals surface area contributed by atoms with Gasteiger partial charge in [-0.15, -0.1) is 0 Å². The van der Waals surface area contributed by atoms with Crippen LogP contribution in [0.3, 0.4) is 0 Å². The first-order chi connectivity index (χ1) is 7.36. The smallest absolute Gasteiger partial charge is 0.144 e. The highest BCUT2D eigenvalue weighted by Crippen LogP contribution is 2.08. The van der Waals surface area contributed by atoms with Gasteiger partial charge in [-0.3, -0.25) is 0 Å². The minimum atomic E-state index is -0.259. The molecule has 1 rings (SSSR count). The number of unbranched alkanes of at least 4 members (excludes halogenated alkanes) is 1. The average molecular weight is 203 g/mol. The first-order valence-corrected chi connectivity index (χ1v) is 5.42. The molecule has 0 aromatic heterocycles. The van der Waals surface area contributed by atoms with Crippen LogP contribution in [0.25, 0.3) is 0 Å². The molecule has 0 aliphatic carbocycles. The summed E-state index contributed by atoms with van der Waals surface area (Å²) in [7, 11) is 0. The molecule has 1 aromatic rings. The fraction of sp³-hybridized carbons (Fsp3) is 0.462. The van der Waals surface area contributed by atoms with Crippen molar-refractivity contribution in [1.29, 1.82) is 5.26 Å². The van der Waals surface area contributed by atoms with E-state index in [0.717, 1.165) is 24.8 Å². The molecule has 0 heterocycles. The molecule has 0 aliphatic rings. The van der Waals surface area contributed by atoms with Gasteiger partial charge in [0.05, 0.1) is 12.7 Å². The van der Waals surface area contributed by atoms with Gasteiger partial charge in [0, 0.05) is 0 Å². The maximum Gasteiger partial charge on any atom is 0.144 e.